The Labute approximate surface area is 263 Å². The number of rotatable bonds is 8. The Balaban J connectivity index is 1.55. The van der Waals surface area contributed by atoms with Crippen LogP contribution in [-0.2, 0) is 19.0 Å². The number of carboxylic acids is 1. The van der Waals surface area contributed by atoms with Gasteiger partial charge in [0.15, 0.2) is 0 Å². The van der Waals surface area contributed by atoms with Gasteiger partial charge >= 0.3 is 5.97 Å². The summed E-state index contributed by atoms with van der Waals surface area (Å²) in [4.78, 5) is 13.3. The van der Waals surface area contributed by atoms with E-state index in [2.05, 4.69) is 82.2 Å². The van der Waals surface area contributed by atoms with Crippen LogP contribution in [0.25, 0.3) is 0 Å². The average Bonchev–Trinajstić information content (AvgIpc) is 2.91. The molecule has 0 aromatic rings. The Morgan fingerprint density at radius 3 is 2.30 bits per heavy atom. The largest absolute Gasteiger partial charge is 0.481 e. The summed E-state index contributed by atoms with van der Waals surface area (Å²) in [6.07, 6.45) is 8.65. The van der Waals surface area contributed by atoms with Crippen LogP contribution in [0.3, 0.4) is 0 Å². The zero-order chi connectivity index (χ0) is 32.0. The van der Waals surface area contributed by atoms with Crippen LogP contribution in [0.2, 0.25) is 0 Å². The standard InChI is InChI=1S/C38H64O5/c1-23(2)25(5)34(8)17-18-36(10)26-13-14-29-35(9)21-42-22-38(29,27(26)15-16-37(36,11)30(34)32(39)40)19-28(41-12)31(35)43-20-33(6,7)24(3)4/h15,23-26,28-31H,13-14,16-22H2,1-12H3,(H,39,40)/t25-,26+,28-,29+,30-,31+,34-,35+,36-,37+,38+/m1/s1. The summed E-state index contributed by atoms with van der Waals surface area (Å²) < 4.78 is 19.9. The van der Waals surface area contributed by atoms with Crippen molar-refractivity contribution in [2.75, 3.05) is 26.9 Å². The molecule has 0 aromatic heterocycles. The molecule has 43 heavy (non-hydrogen) atoms. The highest BCUT2D eigenvalue weighted by Gasteiger charge is 2.71. The molecule has 5 aliphatic rings. The SMILES string of the molecule is CO[C@@H]1C[C@@]23COC[C@@](C)([C@@H]2CC[C@H]2C3=CC[C@@]3(C)[C@H](C(=O)O)[C@@](C)([C@H](C)C(C)C)CC[C@]23C)[C@H]1OCC(C)(C)C(C)C. The monoisotopic (exact) mass is 600 g/mol. The molecule has 0 spiro atoms. The molecule has 11 atom stereocenters. The first kappa shape index (κ1) is 33.5. The lowest BCUT2D eigenvalue weighted by Gasteiger charge is -2.71. The normalized spacial score (nSPS) is 46.9. The minimum absolute atomic E-state index is 0.000145. The summed E-state index contributed by atoms with van der Waals surface area (Å²) in [5, 5.41) is 10.9. The summed E-state index contributed by atoms with van der Waals surface area (Å²) in [5.74, 6) is 1.23. The van der Waals surface area contributed by atoms with Crippen LogP contribution in [0.1, 0.15) is 115 Å². The van der Waals surface area contributed by atoms with Crippen molar-refractivity contribution in [3.63, 3.8) is 0 Å². The Kier molecular flexibility index (Phi) is 8.43. The molecule has 5 nitrogen and oxygen atoms in total. The number of hydrogen-bond acceptors (Lipinski definition) is 4. The fraction of sp³-hybridized carbons (Fsp3) is 0.921. The van der Waals surface area contributed by atoms with Gasteiger partial charge in [0, 0.05) is 17.9 Å². The van der Waals surface area contributed by atoms with Crippen molar-refractivity contribution in [3.05, 3.63) is 11.6 Å². The average molecular weight is 601 g/mol. The number of hydrogen-bond donors (Lipinski definition) is 1. The quantitative estimate of drug-likeness (QED) is 0.283. The molecule has 3 saturated carbocycles. The zero-order valence-corrected chi connectivity index (χ0v) is 29.6. The summed E-state index contributed by atoms with van der Waals surface area (Å²) in [6.45, 7) is 27.7. The van der Waals surface area contributed by atoms with Crippen molar-refractivity contribution in [1.29, 1.82) is 0 Å². The van der Waals surface area contributed by atoms with Gasteiger partial charge in [0.1, 0.15) is 0 Å². The number of carbonyl (C=O) groups is 1. The van der Waals surface area contributed by atoms with Gasteiger partial charge < -0.3 is 19.3 Å². The molecule has 4 aliphatic carbocycles. The van der Waals surface area contributed by atoms with E-state index in [4.69, 9.17) is 14.2 Å². The van der Waals surface area contributed by atoms with E-state index in [1.54, 1.807) is 5.57 Å². The molecule has 1 aliphatic heterocycles. The highest BCUT2D eigenvalue weighted by molar-refractivity contribution is 5.73. The number of allylic oxidation sites excluding steroid dienone is 1. The van der Waals surface area contributed by atoms with Gasteiger partial charge in [-0.25, -0.2) is 0 Å². The van der Waals surface area contributed by atoms with Crippen LogP contribution >= 0.6 is 0 Å². The lowest BCUT2D eigenvalue weighted by atomic mass is 9.34. The second kappa shape index (κ2) is 10.8. The molecule has 0 unspecified atom stereocenters. The second-order valence-electron chi connectivity index (χ2n) is 18.2. The molecule has 1 N–H and O–H groups in total. The van der Waals surface area contributed by atoms with Crippen molar-refractivity contribution in [3.8, 4) is 0 Å². The Bertz CT molecular complexity index is 1110. The third kappa shape index (κ3) is 4.58. The van der Waals surface area contributed by atoms with E-state index in [-0.39, 0.29) is 50.6 Å². The number of fused-ring (bicyclic) bond motifs is 3. The highest BCUT2D eigenvalue weighted by Crippen LogP contribution is 2.75. The summed E-state index contributed by atoms with van der Waals surface area (Å²) in [6, 6.07) is 0. The predicted octanol–water partition coefficient (Wildman–Crippen LogP) is 8.66. The first-order valence-corrected chi connectivity index (χ1v) is 17.5. The third-order valence-corrected chi connectivity index (χ3v) is 15.6. The van der Waals surface area contributed by atoms with Crippen molar-refractivity contribution >= 4 is 5.97 Å². The summed E-state index contributed by atoms with van der Waals surface area (Å²) in [5.41, 5.74) is 0.878. The molecular formula is C38H64O5. The van der Waals surface area contributed by atoms with Crippen LogP contribution in [0, 0.1) is 68.0 Å². The molecular weight excluding hydrogens is 536 g/mol. The van der Waals surface area contributed by atoms with Gasteiger partial charge in [0.25, 0.3) is 0 Å². The van der Waals surface area contributed by atoms with Crippen molar-refractivity contribution in [1.82, 2.24) is 0 Å². The van der Waals surface area contributed by atoms with Gasteiger partial charge in [0.2, 0.25) is 0 Å². The Morgan fingerprint density at radius 2 is 1.72 bits per heavy atom. The van der Waals surface area contributed by atoms with Crippen LogP contribution in [0.4, 0.5) is 0 Å². The number of aliphatic carboxylic acids is 1. The topological polar surface area (TPSA) is 65.0 Å². The maximum atomic E-state index is 13.3. The van der Waals surface area contributed by atoms with Crippen molar-refractivity contribution < 1.29 is 24.1 Å². The molecule has 5 rings (SSSR count). The van der Waals surface area contributed by atoms with Gasteiger partial charge in [-0.2, -0.15) is 0 Å². The molecule has 0 amide bonds. The van der Waals surface area contributed by atoms with E-state index < -0.39 is 5.97 Å². The fourth-order valence-electron chi connectivity index (χ4n) is 11.6. The maximum absolute atomic E-state index is 13.3. The van der Waals surface area contributed by atoms with E-state index in [0.717, 1.165) is 51.7 Å². The molecule has 5 heteroatoms. The fourth-order valence-corrected chi connectivity index (χ4v) is 11.6. The van der Waals surface area contributed by atoms with E-state index in [1.807, 2.05) is 7.11 Å². The second-order valence-corrected chi connectivity index (χ2v) is 18.2. The Morgan fingerprint density at radius 1 is 1.05 bits per heavy atom. The molecule has 0 aromatic carbocycles. The lowest BCUT2D eigenvalue weighted by molar-refractivity contribution is -0.271. The minimum atomic E-state index is -0.595. The molecule has 2 bridgehead atoms. The van der Waals surface area contributed by atoms with Crippen LogP contribution in [-0.4, -0.2) is 50.2 Å². The summed E-state index contributed by atoms with van der Waals surface area (Å²) in [7, 11) is 1.87. The van der Waals surface area contributed by atoms with E-state index in [1.165, 1.54) is 0 Å². The molecule has 246 valence electrons. The first-order valence-electron chi connectivity index (χ1n) is 17.5. The minimum Gasteiger partial charge on any atom is -0.481 e. The lowest BCUT2D eigenvalue weighted by Crippen LogP contribution is -2.70. The number of ether oxygens (including phenoxy) is 3. The zero-order valence-electron chi connectivity index (χ0n) is 29.6. The van der Waals surface area contributed by atoms with Gasteiger partial charge in [-0.3, -0.25) is 4.79 Å². The molecule has 4 fully saturated rings. The van der Waals surface area contributed by atoms with Crippen LogP contribution in [0.5, 0.6) is 0 Å². The smallest absolute Gasteiger partial charge is 0.307 e. The van der Waals surface area contributed by atoms with Gasteiger partial charge in [-0.1, -0.05) is 87.8 Å². The van der Waals surface area contributed by atoms with Gasteiger partial charge in [-0.05, 0) is 89.8 Å². The van der Waals surface area contributed by atoms with E-state index in [9.17, 15) is 9.90 Å². The summed E-state index contributed by atoms with van der Waals surface area (Å²) >= 11 is 0. The Hall–Kier alpha value is -0.910. The molecule has 1 saturated heterocycles. The van der Waals surface area contributed by atoms with Gasteiger partial charge in [0.05, 0.1) is 37.9 Å². The molecule has 1 heterocycles. The van der Waals surface area contributed by atoms with Crippen LogP contribution < -0.4 is 0 Å². The first-order chi connectivity index (χ1) is 19.9. The van der Waals surface area contributed by atoms with Gasteiger partial charge in [-0.15, -0.1) is 0 Å². The van der Waals surface area contributed by atoms with Crippen molar-refractivity contribution in [2.24, 2.45) is 68.0 Å². The highest BCUT2D eigenvalue weighted by atomic mass is 16.5. The predicted molar refractivity (Wildman–Crippen MR) is 173 cm³/mol. The molecule has 0 radical (unpaired) electrons. The van der Waals surface area contributed by atoms with Crippen LogP contribution in [0.15, 0.2) is 11.6 Å². The van der Waals surface area contributed by atoms with E-state index >= 15 is 0 Å². The number of carboxylic acid groups (broad SMARTS) is 1. The third-order valence-electron chi connectivity index (χ3n) is 15.6. The van der Waals surface area contributed by atoms with Crippen molar-refractivity contribution in [2.45, 2.75) is 127 Å². The van der Waals surface area contributed by atoms with E-state index in [0.29, 0.717) is 36.2 Å². The maximum Gasteiger partial charge on any atom is 0.307 e. The number of methoxy groups -OCH3 is 1.